The quantitative estimate of drug-likeness (QED) is 0.855. The Morgan fingerprint density at radius 2 is 2.17 bits per heavy atom. The molecule has 0 radical (unpaired) electrons. The zero-order valence-electron chi connectivity index (χ0n) is 14.7. The van der Waals surface area contributed by atoms with E-state index in [4.69, 9.17) is 4.74 Å². The van der Waals surface area contributed by atoms with Crippen molar-refractivity contribution >= 4 is 6.09 Å². The van der Waals surface area contributed by atoms with Crippen molar-refractivity contribution in [2.45, 2.75) is 45.1 Å². The van der Waals surface area contributed by atoms with E-state index in [1.54, 1.807) is 14.1 Å². The minimum absolute atomic E-state index is 0.299. The van der Waals surface area contributed by atoms with Crippen LogP contribution >= 0.6 is 0 Å². The molecule has 2 aliphatic rings. The first-order chi connectivity index (χ1) is 11.0. The predicted octanol–water partition coefficient (Wildman–Crippen LogP) is 3.51. The number of likely N-dealkylation sites (tertiary alicyclic amines) is 1. The Labute approximate surface area is 139 Å². The first kappa shape index (κ1) is 16.3. The summed E-state index contributed by atoms with van der Waals surface area (Å²) in [7, 11) is 3.44. The maximum Gasteiger partial charge on any atom is 0.414 e. The van der Waals surface area contributed by atoms with Gasteiger partial charge in [-0.3, -0.25) is 4.90 Å². The van der Waals surface area contributed by atoms with Crippen LogP contribution in [0.2, 0.25) is 0 Å². The predicted molar refractivity (Wildman–Crippen MR) is 92.0 cm³/mol. The van der Waals surface area contributed by atoms with Gasteiger partial charge in [0.1, 0.15) is 5.75 Å². The summed E-state index contributed by atoms with van der Waals surface area (Å²) in [4.78, 5) is 16.1. The Balaban J connectivity index is 1.90. The van der Waals surface area contributed by atoms with Gasteiger partial charge in [0.2, 0.25) is 0 Å². The Hall–Kier alpha value is -1.55. The molecule has 1 saturated heterocycles. The largest absolute Gasteiger partial charge is 0.414 e. The standard InChI is InChI=1S/C19H28N2O2/c1-5-11-21-12-13(2)18-15-7-6-8-17(23-19(22)20(3)4)14(15)9-10-16(18)21/h6-8,13,16,18H,5,9-12H2,1-4H3. The Morgan fingerprint density at radius 3 is 2.87 bits per heavy atom. The number of amides is 1. The molecule has 0 aromatic heterocycles. The van der Waals surface area contributed by atoms with E-state index in [9.17, 15) is 4.79 Å². The molecule has 1 aromatic rings. The Morgan fingerprint density at radius 1 is 1.39 bits per heavy atom. The van der Waals surface area contributed by atoms with Crippen LogP contribution in [0.1, 0.15) is 43.7 Å². The van der Waals surface area contributed by atoms with Crippen LogP contribution in [-0.4, -0.2) is 49.1 Å². The average Bonchev–Trinajstić information content (AvgIpc) is 2.84. The smallest absolute Gasteiger partial charge is 0.410 e. The van der Waals surface area contributed by atoms with E-state index in [2.05, 4.69) is 24.8 Å². The molecule has 1 heterocycles. The van der Waals surface area contributed by atoms with Crippen LogP contribution in [0, 0.1) is 5.92 Å². The highest BCUT2D eigenvalue weighted by atomic mass is 16.6. The number of nitrogens with zero attached hydrogens (tertiary/aromatic N) is 2. The van der Waals surface area contributed by atoms with Crippen molar-refractivity contribution in [3.63, 3.8) is 0 Å². The third-order valence-electron chi connectivity index (χ3n) is 5.31. The minimum Gasteiger partial charge on any atom is -0.410 e. The van der Waals surface area contributed by atoms with Crippen molar-refractivity contribution in [1.82, 2.24) is 9.80 Å². The molecule has 0 spiro atoms. The van der Waals surface area contributed by atoms with Gasteiger partial charge < -0.3 is 9.64 Å². The Kier molecular flexibility index (Phi) is 4.62. The highest BCUT2D eigenvalue weighted by Crippen LogP contribution is 2.46. The summed E-state index contributed by atoms with van der Waals surface area (Å²) in [6.45, 7) is 7.00. The number of benzene rings is 1. The van der Waals surface area contributed by atoms with E-state index in [-0.39, 0.29) is 6.09 Å². The van der Waals surface area contributed by atoms with E-state index in [0.29, 0.717) is 17.9 Å². The third kappa shape index (κ3) is 2.97. The zero-order chi connectivity index (χ0) is 16.6. The van der Waals surface area contributed by atoms with Gasteiger partial charge in [0.25, 0.3) is 0 Å². The van der Waals surface area contributed by atoms with Crippen molar-refractivity contribution in [3.8, 4) is 5.75 Å². The fourth-order valence-corrected chi connectivity index (χ4v) is 4.38. The molecule has 1 amide bonds. The first-order valence-electron chi connectivity index (χ1n) is 8.77. The molecule has 1 fully saturated rings. The molecule has 3 atom stereocenters. The fourth-order valence-electron chi connectivity index (χ4n) is 4.38. The van der Waals surface area contributed by atoms with Gasteiger partial charge in [-0.1, -0.05) is 26.0 Å². The lowest BCUT2D eigenvalue weighted by Crippen LogP contribution is -2.36. The Bertz CT molecular complexity index is 585. The van der Waals surface area contributed by atoms with E-state index in [1.807, 2.05) is 12.1 Å². The molecule has 1 aliphatic carbocycles. The second-order valence-corrected chi connectivity index (χ2v) is 7.19. The van der Waals surface area contributed by atoms with E-state index < -0.39 is 0 Å². The lowest BCUT2D eigenvalue weighted by atomic mass is 9.75. The van der Waals surface area contributed by atoms with Gasteiger partial charge in [-0.2, -0.15) is 0 Å². The number of rotatable bonds is 3. The minimum atomic E-state index is -0.299. The highest BCUT2D eigenvalue weighted by molar-refractivity contribution is 5.70. The van der Waals surface area contributed by atoms with Gasteiger partial charge >= 0.3 is 6.09 Å². The lowest BCUT2D eigenvalue weighted by Gasteiger charge is -2.34. The molecule has 0 N–H and O–H groups in total. The number of hydrogen-bond donors (Lipinski definition) is 0. The van der Waals surface area contributed by atoms with Gasteiger partial charge in [-0.25, -0.2) is 4.79 Å². The molecule has 23 heavy (non-hydrogen) atoms. The first-order valence-corrected chi connectivity index (χ1v) is 8.77. The van der Waals surface area contributed by atoms with Crippen LogP contribution in [0.15, 0.2) is 18.2 Å². The number of hydrogen-bond acceptors (Lipinski definition) is 3. The van der Waals surface area contributed by atoms with Crippen LogP contribution in [0.4, 0.5) is 4.79 Å². The summed E-state index contributed by atoms with van der Waals surface area (Å²) in [5.74, 6) is 1.98. The normalized spacial score (nSPS) is 26.5. The highest BCUT2D eigenvalue weighted by Gasteiger charge is 2.43. The third-order valence-corrected chi connectivity index (χ3v) is 5.31. The molecule has 126 valence electrons. The summed E-state index contributed by atoms with van der Waals surface area (Å²) < 4.78 is 5.61. The van der Waals surface area contributed by atoms with Gasteiger partial charge in [0.15, 0.2) is 0 Å². The monoisotopic (exact) mass is 316 g/mol. The molecule has 4 nitrogen and oxygen atoms in total. The van der Waals surface area contributed by atoms with Crippen LogP contribution in [-0.2, 0) is 6.42 Å². The summed E-state index contributed by atoms with van der Waals surface area (Å²) in [6, 6.07) is 6.86. The lowest BCUT2D eigenvalue weighted by molar-refractivity contribution is 0.170. The summed E-state index contributed by atoms with van der Waals surface area (Å²) in [5.41, 5.74) is 2.64. The van der Waals surface area contributed by atoms with Crippen molar-refractivity contribution in [1.29, 1.82) is 0 Å². The van der Waals surface area contributed by atoms with Gasteiger partial charge in [0, 0.05) is 32.6 Å². The molecule has 3 rings (SSSR count). The number of carbonyl (C=O) groups is 1. The SMILES string of the molecule is CCCN1CC(C)C2c3cccc(OC(=O)N(C)C)c3CCC21. The number of carbonyl (C=O) groups excluding carboxylic acids is 1. The second-order valence-electron chi connectivity index (χ2n) is 7.19. The van der Waals surface area contributed by atoms with Gasteiger partial charge in [-0.15, -0.1) is 0 Å². The maximum atomic E-state index is 11.9. The molecular formula is C19H28N2O2. The average molecular weight is 316 g/mol. The maximum absolute atomic E-state index is 11.9. The molecule has 4 heteroatoms. The molecule has 3 unspecified atom stereocenters. The summed E-state index contributed by atoms with van der Waals surface area (Å²) in [6.07, 6.45) is 3.08. The van der Waals surface area contributed by atoms with Gasteiger partial charge in [0.05, 0.1) is 0 Å². The molecule has 0 bridgehead atoms. The van der Waals surface area contributed by atoms with E-state index in [0.717, 1.165) is 12.2 Å². The molecule has 0 saturated carbocycles. The number of fused-ring (bicyclic) bond motifs is 3. The van der Waals surface area contributed by atoms with E-state index in [1.165, 1.54) is 42.0 Å². The topological polar surface area (TPSA) is 32.8 Å². The van der Waals surface area contributed by atoms with E-state index >= 15 is 0 Å². The number of ether oxygens (including phenoxy) is 1. The molecule has 1 aliphatic heterocycles. The van der Waals surface area contributed by atoms with Crippen molar-refractivity contribution in [2.24, 2.45) is 5.92 Å². The van der Waals surface area contributed by atoms with Crippen LogP contribution in [0.25, 0.3) is 0 Å². The summed E-state index contributed by atoms with van der Waals surface area (Å²) >= 11 is 0. The van der Waals surface area contributed by atoms with Gasteiger partial charge in [-0.05, 0) is 48.9 Å². The molecular weight excluding hydrogens is 288 g/mol. The van der Waals surface area contributed by atoms with Crippen LogP contribution in [0.5, 0.6) is 5.75 Å². The summed E-state index contributed by atoms with van der Waals surface area (Å²) in [5, 5.41) is 0. The molecule has 1 aromatic carbocycles. The van der Waals surface area contributed by atoms with Crippen LogP contribution < -0.4 is 4.74 Å². The van der Waals surface area contributed by atoms with Crippen molar-refractivity contribution in [3.05, 3.63) is 29.3 Å². The zero-order valence-corrected chi connectivity index (χ0v) is 14.7. The fraction of sp³-hybridized carbons (Fsp3) is 0.632. The van der Waals surface area contributed by atoms with Crippen molar-refractivity contribution < 1.29 is 9.53 Å². The van der Waals surface area contributed by atoms with Crippen molar-refractivity contribution in [2.75, 3.05) is 27.2 Å². The van der Waals surface area contributed by atoms with Crippen LogP contribution in [0.3, 0.4) is 0 Å². The second kappa shape index (κ2) is 6.52.